The largest absolute Gasteiger partial charge is 0.481 e. The number of nitrogen functional groups attached to an aromatic ring is 1. The third-order valence-electron chi connectivity index (χ3n) is 25.0. The highest BCUT2D eigenvalue weighted by Gasteiger charge is 2.46. The third-order valence-corrected chi connectivity index (χ3v) is 26.2. The highest BCUT2D eigenvalue weighted by molar-refractivity contribution is 14.1. The number of benzene rings is 10. The number of carboxylic acid groups (broad SMARTS) is 1. The van der Waals surface area contributed by atoms with E-state index in [9.17, 15) is 60.2 Å². The van der Waals surface area contributed by atoms with E-state index in [1.165, 1.54) is 137 Å². The molecule has 2 saturated heterocycles. The number of anilines is 5. The number of esters is 4. The van der Waals surface area contributed by atoms with Crippen LogP contribution in [0.1, 0.15) is 219 Å². The Labute approximate surface area is 716 Å². The SMILES string of the molecule is CC1CCC(Nc2ccc3cc(C(=O)N4C5CCC4CC(C(=O)O)C5)ccc3c2C(F)(F)F)CC1.COC(=O)c1ccc2c(C(F)(F)F)c(NC3CCC(C)CC3)ccc2c1.COC(=O)c1ccc2c(I)c(NC3CCC(C)CC3)ccc2c1.COC(=O)c1ccc2cc(N)ccc2c1.COC(=O)c1ccc2cc(NC3CCC(C)CC3)ccc2c1. The highest BCUT2D eigenvalue weighted by atomic mass is 127. The zero-order valence-corrected chi connectivity index (χ0v) is 71.9. The van der Waals surface area contributed by atoms with Crippen LogP contribution in [0.5, 0.6) is 0 Å². The molecule has 0 spiro atoms. The van der Waals surface area contributed by atoms with Gasteiger partial charge in [-0.05, 0) is 332 Å². The van der Waals surface area contributed by atoms with Crippen LogP contribution in [-0.2, 0) is 36.1 Å². The molecule has 2 bridgehead atoms. The molecule has 10 aromatic carbocycles. The number of amides is 1. The summed E-state index contributed by atoms with van der Waals surface area (Å²) in [5, 5.41) is 30.3. The molecule has 2 heterocycles. The summed E-state index contributed by atoms with van der Waals surface area (Å²) in [6.07, 6.45) is 11.1. The summed E-state index contributed by atoms with van der Waals surface area (Å²) in [6, 6.07) is 48.7. The second kappa shape index (κ2) is 40.1. The lowest BCUT2D eigenvalue weighted by molar-refractivity contribution is -0.144. The summed E-state index contributed by atoms with van der Waals surface area (Å²) in [6.45, 7) is 9.03. The van der Waals surface area contributed by atoms with Gasteiger partial charge >= 0.3 is 42.2 Å². The highest BCUT2D eigenvalue weighted by Crippen LogP contribution is 2.46. The molecule has 4 saturated carbocycles. The molecular formula is C97H109F6IN6O11. The van der Waals surface area contributed by atoms with Crippen molar-refractivity contribution in [1.29, 1.82) is 0 Å². The number of piperidine rings is 1. The molecule has 4 aliphatic carbocycles. The number of methoxy groups -OCH3 is 4. The van der Waals surface area contributed by atoms with Crippen LogP contribution < -0.4 is 27.0 Å². The van der Waals surface area contributed by atoms with Crippen LogP contribution in [0.3, 0.4) is 0 Å². The number of carbonyl (C=O) groups excluding carboxylic acids is 5. The standard InChI is InChI=1S/C27H31F3N2O3.C20H22F3NO2.C19H22INO2.C19H23NO2.C12H11NO2/c1-15-2-6-19(7-3-15)31-23-11-5-16-12-17(4-10-22(16)24(23)27(28,29)30)25(33)32-20-8-9-21(32)14-18(13-20)26(34)35;1-12-3-7-15(8-4-12)24-17-10-6-13-11-14(19(25)26-2)5-9-16(13)18(17)20(21,22)23;1-12-3-7-15(8-4-12)21-17-10-6-13-11-14(19(22)23-2)5-9-16(13)18(17)20;1-13-3-8-17(9-4-13)20-18-10-7-14-11-16(19(21)22-2)6-5-15(14)12-18;1-15-12(14)10-3-2-9-7-11(13)5-4-8(9)6-10/h4-5,10-12,15,18-21,31H,2-3,6-9,13-14H2,1H3,(H,34,35);5-6,9-12,15,24H,3-4,7-8H2,1-2H3;5-6,9-12,15,21H,3-4,7-8H2,1-2H3;5-7,10-13,17,20H,3-4,8-9H2,1-2H3;2-7H,13H2,1H3. The summed E-state index contributed by atoms with van der Waals surface area (Å²) in [5.41, 5.74) is 9.89. The number of hydrogen-bond donors (Lipinski definition) is 6. The smallest absolute Gasteiger partial charge is 0.418 e. The molecule has 2 unspecified atom stereocenters. The maximum atomic E-state index is 14.2. The molecule has 121 heavy (non-hydrogen) atoms. The molecule has 17 nitrogen and oxygen atoms in total. The molecule has 6 fully saturated rings. The molecule has 16 rings (SSSR count). The first-order valence-electron chi connectivity index (χ1n) is 42.1. The second-order valence-corrected chi connectivity index (χ2v) is 34.9. The Morgan fingerprint density at radius 3 is 1.07 bits per heavy atom. The van der Waals surface area contributed by atoms with Gasteiger partial charge in [-0.1, -0.05) is 88.4 Å². The fourth-order valence-electron chi connectivity index (χ4n) is 18.0. The third kappa shape index (κ3) is 22.7. The fourth-order valence-corrected chi connectivity index (χ4v) is 18.8. The van der Waals surface area contributed by atoms with Gasteiger partial charge in [0.2, 0.25) is 0 Å². The number of aliphatic carboxylic acids is 1. The van der Waals surface area contributed by atoms with Crippen molar-refractivity contribution < 1.29 is 79.2 Å². The average molecular weight is 1780 g/mol. The number of halogens is 7. The second-order valence-electron chi connectivity index (χ2n) is 33.8. The normalized spacial score (nSPS) is 22.0. The summed E-state index contributed by atoms with van der Waals surface area (Å²) < 4.78 is 104. The minimum atomic E-state index is -4.53. The summed E-state index contributed by atoms with van der Waals surface area (Å²) in [4.78, 5) is 72.7. The lowest BCUT2D eigenvalue weighted by Crippen LogP contribution is -2.47. The molecule has 10 aromatic rings. The first-order valence-corrected chi connectivity index (χ1v) is 43.2. The van der Waals surface area contributed by atoms with Gasteiger partial charge in [0.15, 0.2) is 0 Å². The van der Waals surface area contributed by atoms with Gasteiger partial charge in [-0.15, -0.1) is 0 Å². The van der Waals surface area contributed by atoms with E-state index in [1.54, 1.807) is 35.2 Å². The number of alkyl halides is 6. The van der Waals surface area contributed by atoms with Crippen molar-refractivity contribution in [1.82, 2.24) is 4.90 Å². The number of nitrogens with one attached hydrogen (secondary N) is 4. The van der Waals surface area contributed by atoms with E-state index in [1.807, 2.05) is 60.7 Å². The van der Waals surface area contributed by atoms with Gasteiger partial charge in [0, 0.05) is 73.8 Å². The molecule has 6 aliphatic rings. The van der Waals surface area contributed by atoms with Crippen LogP contribution in [0, 0.1) is 33.2 Å². The van der Waals surface area contributed by atoms with E-state index >= 15 is 0 Å². The zero-order valence-electron chi connectivity index (χ0n) is 69.8. The minimum absolute atomic E-state index is 0.0230. The van der Waals surface area contributed by atoms with Gasteiger partial charge in [0.25, 0.3) is 5.91 Å². The Morgan fingerprint density at radius 1 is 0.372 bits per heavy atom. The predicted octanol–water partition coefficient (Wildman–Crippen LogP) is 24.0. The van der Waals surface area contributed by atoms with E-state index in [2.05, 4.69) is 111 Å². The average Bonchev–Trinajstić information content (AvgIpc) is 1.17. The van der Waals surface area contributed by atoms with E-state index in [0.717, 1.165) is 109 Å². The predicted molar refractivity (Wildman–Crippen MR) is 476 cm³/mol. The number of rotatable bonds is 14. The summed E-state index contributed by atoms with van der Waals surface area (Å²) in [5.74, 6) is -0.0144. The molecule has 0 aromatic heterocycles. The molecule has 0 radical (unpaired) electrons. The Kier molecular flexibility index (Phi) is 29.8. The quantitative estimate of drug-likeness (QED) is 0.0195. The lowest BCUT2D eigenvalue weighted by Gasteiger charge is -2.37. The minimum Gasteiger partial charge on any atom is -0.481 e. The molecule has 2 atom stereocenters. The number of hydrogen-bond acceptors (Lipinski definition) is 15. The van der Waals surface area contributed by atoms with Crippen LogP contribution >= 0.6 is 22.6 Å². The number of nitrogens with two attached hydrogens (primary N) is 1. The Morgan fingerprint density at radius 2 is 0.678 bits per heavy atom. The fraction of sp³-hybridized carbons (Fsp3) is 0.423. The molecule has 1 amide bonds. The molecule has 642 valence electrons. The van der Waals surface area contributed by atoms with Gasteiger partial charge in [-0.2, -0.15) is 26.3 Å². The van der Waals surface area contributed by atoms with Crippen molar-refractivity contribution in [3.8, 4) is 0 Å². The summed E-state index contributed by atoms with van der Waals surface area (Å²) in [7, 11) is 5.43. The van der Waals surface area contributed by atoms with Crippen LogP contribution in [0.2, 0.25) is 0 Å². The van der Waals surface area contributed by atoms with E-state index in [-0.39, 0.29) is 75.7 Å². The number of nitrogens with zero attached hydrogens (tertiary/aromatic N) is 1. The number of fused-ring (bicyclic) bond motifs is 7. The molecular weight excluding hydrogens is 1670 g/mol. The van der Waals surface area contributed by atoms with E-state index in [0.29, 0.717) is 75.5 Å². The van der Waals surface area contributed by atoms with Crippen molar-refractivity contribution >= 4 is 141 Å². The Hall–Kier alpha value is -10.4. The van der Waals surface area contributed by atoms with Crippen LogP contribution in [-0.4, -0.2) is 110 Å². The van der Waals surface area contributed by atoms with E-state index < -0.39 is 41.3 Å². The van der Waals surface area contributed by atoms with Crippen LogP contribution in [0.15, 0.2) is 164 Å². The molecule has 2 aliphatic heterocycles. The van der Waals surface area contributed by atoms with Crippen LogP contribution in [0.25, 0.3) is 53.9 Å². The summed E-state index contributed by atoms with van der Waals surface area (Å²) >= 11 is 2.40. The van der Waals surface area contributed by atoms with Gasteiger partial charge in [-0.3, -0.25) is 9.59 Å². The topological polar surface area (TPSA) is 237 Å². The maximum Gasteiger partial charge on any atom is 0.418 e. The number of ether oxygens (including phenoxy) is 4. The first kappa shape index (κ1) is 89.9. The van der Waals surface area contributed by atoms with E-state index in [4.69, 9.17) is 15.2 Å². The van der Waals surface area contributed by atoms with Gasteiger partial charge in [-0.25, -0.2) is 19.2 Å². The lowest BCUT2D eigenvalue weighted by atomic mass is 9.87. The van der Waals surface area contributed by atoms with Crippen molar-refractivity contribution in [3.63, 3.8) is 0 Å². The van der Waals surface area contributed by atoms with Gasteiger partial charge in [0.05, 0.1) is 67.7 Å². The van der Waals surface area contributed by atoms with Crippen LogP contribution in [0.4, 0.5) is 54.8 Å². The van der Waals surface area contributed by atoms with Crippen molar-refractivity contribution in [2.75, 3.05) is 55.4 Å². The molecule has 24 heteroatoms. The van der Waals surface area contributed by atoms with Gasteiger partial charge < -0.3 is 56.0 Å². The van der Waals surface area contributed by atoms with Crippen molar-refractivity contribution in [2.45, 2.75) is 205 Å². The van der Waals surface area contributed by atoms with Crippen molar-refractivity contribution in [2.24, 2.45) is 29.6 Å². The number of carbonyl (C=O) groups is 6. The Bertz CT molecular complexity index is 5370. The zero-order chi connectivity index (χ0) is 86.6. The number of carboxylic acids is 1. The molecule has 7 N–H and O–H groups in total. The monoisotopic (exact) mass is 1770 g/mol. The maximum absolute atomic E-state index is 14.2. The van der Waals surface area contributed by atoms with Gasteiger partial charge in [0.1, 0.15) is 0 Å². The van der Waals surface area contributed by atoms with Crippen molar-refractivity contribution in [3.05, 3.63) is 206 Å². The Balaban J connectivity index is 0.000000142. The first-order chi connectivity index (χ1) is 57.8.